The third kappa shape index (κ3) is 6.33. The smallest absolute Gasteiger partial charge is 0.407 e. The molecule has 10 heteroatoms. The average molecular weight is 444 g/mol. The van der Waals surface area contributed by atoms with E-state index >= 15 is 0 Å². The van der Waals surface area contributed by atoms with Crippen molar-refractivity contribution >= 4 is 38.4 Å². The van der Waals surface area contributed by atoms with Crippen molar-refractivity contribution < 1.29 is 22.8 Å². The maximum Gasteiger partial charge on any atom is 0.407 e. The topological polar surface area (TPSA) is 110 Å². The molecule has 1 aliphatic heterocycles. The number of aromatic amines is 1. The highest BCUT2D eigenvalue weighted by Gasteiger charge is 2.35. The molecule has 160 valence electrons. The first kappa shape index (κ1) is 21.9. The third-order valence-electron chi connectivity index (χ3n) is 4.46. The van der Waals surface area contributed by atoms with E-state index in [1.54, 1.807) is 26.8 Å². The van der Waals surface area contributed by atoms with Gasteiger partial charge in [-0.25, -0.2) is 13.2 Å². The van der Waals surface area contributed by atoms with Crippen molar-refractivity contribution in [1.29, 1.82) is 0 Å². The molecule has 0 radical (unpaired) electrons. The number of alkyl carbamates (subject to hydrolysis) is 1. The summed E-state index contributed by atoms with van der Waals surface area (Å²) in [5, 5.41) is 4.35. The molecule has 29 heavy (non-hydrogen) atoms. The zero-order valence-corrected chi connectivity index (χ0v) is 18.2. The number of fused-ring (bicyclic) bond motifs is 1. The predicted molar refractivity (Wildman–Crippen MR) is 111 cm³/mol. The summed E-state index contributed by atoms with van der Waals surface area (Å²) in [6.45, 7) is 5.50. The van der Waals surface area contributed by atoms with Crippen molar-refractivity contribution in [2.45, 2.75) is 51.5 Å². The van der Waals surface area contributed by atoms with Crippen LogP contribution in [0.25, 0.3) is 10.9 Å². The summed E-state index contributed by atoms with van der Waals surface area (Å²) in [6.07, 6.45) is -0.297. The van der Waals surface area contributed by atoms with Crippen molar-refractivity contribution in [3.05, 3.63) is 35.0 Å². The molecule has 1 amide bonds. The van der Waals surface area contributed by atoms with Gasteiger partial charge in [-0.15, -0.1) is 0 Å². The Bertz CT molecular complexity index is 983. The first-order valence-electron chi connectivity index (χ1n) is 9.35. The number of hydrogen-bond donors (Lipinski definition) is 3. The minimum Gasteiger partial charge on any atom is -0.444 e. The van der Waals surface area contributed by atoms with Gasteiger partial charge < -0.3 is 15.0 Å². The molecule has 0 spiro atoms. The van der Waals surface area contributed by atoms with E-state index in [1.165, 1.54) is 0 Å². The molecule has 2 heterocycles. The summed E-state index contributed by atoms with van der Waals surface area (Å²) >= 11 is 6.00. The number of halogens is 1. The maximum absolute atomic E-state index is 12.1. The van der Waals surface area contributed by atoms with Crippen LogP contribution in [-0.2, 0) is 26.0 Å². The second-order valence-corrected chi connectivity index (χ2v) is 10.9. The molecule has 0 bridgehead atoms. The van der Waals surface area contributed by atoms with Gasteiger partial charge >= 0.3 is 6.09 Å². The van der Waals surface area contributed by atoms with Crippen LogP contribution in [-0.4, -0.2) is 48.7 Å². The van der Waals surface area contributed by atoms with Gasteiger partial charge in [0.25, 0.3) is 0 Å². The summed E-state index contributed by atoms with van der Waals surface area (Å²) in [5.74, 6) is -0.121. The quantitative estimate of drug-likeness (QED) is 0.613. The van der Waals surface area contributed by atoms with Gasteiger partial charge in [-0.3, -0.25) is 4.84 Å². The molecular formula is C19H26ClN3O5S. The molecule has 3 N–H and O–H groups in total. The van der Waals surface area contributed by atoms with Crippen molar-refractivity contribution in [2.75, 3.05) is 11.5 Å². The molecule has 1 aliphatic rings. The number of carbonyl (C=O) groups is 1. The molecule has 3 rings (SSSR count). The standard InChI is InChI=1S/C19H26ClN3O5S/c1-19(2,3)28-18(24)22-16-6-7-29(25,26)11-17(16)23-27-10-14-9-12-8-13(20)4-5-15(12)21-14/h4-5,8-9,16-17,21,23H,6-7,10-11H2,1-3H3,(H,22,24)/t16-,17+/m1/s1. The Hall–Kier alpha value is -1.81. The number of benzene rings is 1. The maximum atomic E-state index is 12.1. The number of aromatic nitrogens is 1. The van der Waals surface area contributed by atoms with Gasteiger partial charge in [0, 0.05) is 21.6 Å². The van der Waals surface area contributed by atoms with E-state index < -0.39 is 33.6 Å². The summed E-state index contributed by atoms with van der Waals surface area (Å²) in [5.41, 5.74) is 3.91. The van der Waals surface area contributed by atoms with Crippen molar-refractivity contribution in [3.8, 4) is 0 Å². The second-order valence-electron chi connectivity index (χ2n) is 8.19. The summed E-state index contributed by atoms with van der Waals surface area (Å²) in [7, 11) is -3.21. The fraction of sp³-hybridized carbons (Fsp3) is 0.526. The molecule has 1 saturated heterocycles. The summed E-state index contributed by atoms with van der Waals surface area (Å²) < 4.78 is 29.4. The molecule has 0 aliphatic carbocycles. The number of carbonyl (C=O) groups excluding carboxylic acids is 1. The number of hydroxylamine groups is 1. The lowest BCUT2D eigenvalue weighted by Gasteiger charge is -2.32. The van der Waals surface area contributed by atoms with Crippen LogP contribution in [0.1, 0.15) is 32.9 Å². The SMILES string of the molecule is CC(C)(C)OC(=O)N[C@@H]1CCS(=O)(=O)C[C@@H]1NOCc1cc2cc(Cl)ccc2[nH]1. The predicted octanol–water partition coefficient (Wildman–Crippen LogP) is 2.92. The lowest BCUT2D eigenvalue weighted by Crippen LogP contribution is -2.57. The molecule has 2 aromatic rings. The van der Waals surface area contributed by atoms with E-state index in [0.717, 1.165) is 16.6 Å². The molecule has 1 aromatic heterocycles. The van der Waals surface area contributed by atoms with E-state index in [0.29, 0.717) is 5.02 Å². The third-order valence-corrected chi connectivity index (χ3v) is 6.42. The number of sulfone groups is 1. The van der Waals surface area contributed by atoms with E-state index in [4.69, 9.17) is 21.2 Å². The number of amides is 1. The summed E-state index contributed by atoms with van der Waals surface area (Å²) in [4.78, 5) is 20.9. The van der Waals surface area contributed by atoms with Crippen LogP contribution in [0.4, 0.5) is 4.79 Å². The molecule has 2 atom stereocenters. The molecular weight excluding hydrogens is 418 g/mol. The van der Waals surface area contributed by atoms with Gasteiger partial charge in [0.1, 0.15) is 12.2 Å². The second kappa shape index (κ2) is 8.51. The van der Waals surface area contributed by atoms with Gasteiger partial charge in [-0.05, 0) is 51.5 Å². The number of hydrogen-bond acceptors (Lipinski definition) is 6. The lowest BCUT2D eigenvalue weighted by molar-refractivity contribution is -0.00480. The minimum atomic E-state index is -3.21. The van der Waals surface area contributed by atoms with Crippen LogP contribution in [0.5, 0.6) is 0 Å². The molecule has 1 aromatic carbocycles. The molecule has 8 nitrogen and oxygen atoms in total. The Morgan fingerprint density at radius 3 is 2.76 bits per heavy atom. The van der Waals surface area contributed by atoms with Gasteiger partial charge in [-0.2, -0.15) is 5.48 Å². The van der Waals surface area contributed by atoms with Crippen LogP contribution in [0, 0.1) is 0 Å². The Morgan fingerprint density at radius 2 is 2.03 bits per heavy atom. The monoisotopic (exact) mass is 443 g/mol. The van der Waals surface area contributed by atoms with Crippen LogP contribution in [0.3, 0.4) is 0 Å². The van der Waals surface area contributed by atoms with Crippen LogP contribution < -0.4 is 10.8 Å². The molecule has 1 fully saturated rings. The van der Waals surface area contributed by atoms with E-state index in [9.17, 15) is 13.2 Å². The van der Waals surface area contributed by atoms with Gasteiger partial charge in [0.15, 0.2) is 9.84 Å². The van der Waals surface area contributed by atoms with Crippen LogP contribution >= 0.6 is 11.6 Å². The number of rotatable bonds is 5. The zero-order valence-electron chi connectivity index (χ0n) is 16.6. The Morgan fingerprint density at radius 1 is 1.28 bits per heavy atom. The van der Waals surface area contributed by atoms with Crippen LogP contribution in [0.2, 0.25) is 5.02 Å². The average Bonchev–Trinajstić information content (AvgIpc) is 2.97. The first-order valence-corrected chi connectivity index (χ1v) is 11.6. The van der Waals surface area contributed by atoms with E-state index in [-0.39, 0.29) is 24.5 Å². The first-order chi connectivity index (χ1) is 13.5. The number of ether oxygens (including phenoxy) is 1. The van der Waals surface area contributed by atoms with Gasteiger partial charge in [0.2, 0.25) is 0 Å². The largest absolute Gasteiger partial charge is 0.444 e. The van der Waals surface area contributed by atoms with Crippen molar-refractivity contribution in [2.24, 2.45) is 0 Å². The highest BCUT2D eigenvalue weighted by atomic mass is 35.5. The Labute approximate surface area is 175 Å². The highest BCUT2D eigenvalue weighted by Crippen LogP contribution is 2.21. The highest BCUT2D eigenvalue weighted by molar-refractivity contribution is 7.91. The fourth-order valence-electron chi connectivity index (χ4n) is 3.20. The fourth-order valence-corrected chi connectivity index (χ4v) is 5.00. The van der Waals surface area contributed by atoms with Crippen molar-refractivity contribution in [3.63, 3.8) is 0 Å². The normalized spacial score (nSPS) is 21.8. The summed E-state index contributed by atoms with van der Waals surface area (Å²) in [6, 6.07) is 6.43. The lowest BCUT2D eigenvalue weighted by atomic mass is 10.1. The van der Waals surface area contributed by atoms with Gasteiger partial charge in [-0.1, -0.05) is 11.6 Å². The Kier molecular flexibility index (Phi) is 6.42. The van der Waals surface area contributed by atoms with E-state index in [1.807, 2.05) is 18.2 Å². The molecule has 0 saturated carbocycles. The van der Waals surface area contributed by atoms with E-state index in [2.05, 4.69) is 15.8 Å². The Balaban J connectivity index is 1.60. The van der Waals surface area contributed by atoms with Crippen molar-refractivity contribution in [1.82, 2.24) is 15.8 Å². The number of nitrogens with one attached hydrogen (secondary N) is 3. The molecule has 0 unspecified atom stereocenters. The zero-order chi connectivity index (χ0) is 21.2. The number of H-pyrrole nitrogens is 1. The van der Waals surface area contributed by atoms with Crippen LogP contribution in [0.15, 0.2) is 24.3 Å². The minimum absolute atomic E-state index is 0.00835. The van der Waals surface area contributed by atoms with Gasteiger partial charge in [0.05, 0.1) is 23.6 Å².